The van der Waals surface area contributed by atoms with Gasteiger partial charge in [-0.3, -0.25) is 0 Å². The number of halogens is 1. The Balaban J connectivity index is 2.38. The fraction of sp³-hybridized carbons (Fsp3) is 0.318. The molecule has 0 spiro atoms. The summed E-state index contributed by atoms with van der Waals surface area (Å²) in [4.78, 5) is 0. The molecular weight excluding hydrogens is 394 g/mol. The second-order valence-corrected chi connectivity index (χ2v) is 6.78. The molecule has 1 unspecified atom stereocenters. The Morgan fingerprint density at radius 2 is 1.48 bits per heavy atom. The number of rotatable bonds is 6. The van der Waals surface area contributed by atoms with Crippen molar-refractivity contribution in [3.8, 4) is 6.07 Å². The van der Waals surface area contributed by atoms with Crippen LogP contribution in [-0.2, 0) is 23.7 Å². The van der Waals surface area contributed by atoms with Crippen LogP contribution in [0, 0.1) is 11.3 Å². The van der Waals surface area contributed by atoms with Crippen LogP contribution >= 0.6 is 11.6 Å². The number of benzene rings is 2. The zero-order chi connectivity index (χ0) is 21.1. The second kappa shape index (κ2) is 8.54. The van der Waals surface area contributed by atoms with Crippen molar-refractivity contribution < 1.29 is 23.7 Å². The van der Waals surface area contributed by atoms with Gasteiger partial charge in [-0.05, 0) is 17.7 Å². The molecule has 0 amide bonds. The number of nitriles is 1. The highest BCUT2D eigenvalue weighted by Crippen LogP contribution is 2.54. The molecular formula is C22H22ClNO5. The maximum absolute atomic E-state index is 10.1. The fourth-order valence-corrected chi connectivity index (χ4v) is 3.87. The van der Waals surface area contributed by atoms with E-state index < -0.39 is 17.7 Å². The molecule has 0 bridgehead atoms. The molecule has 0 saturated heterocycles. The minimum Gasteiger partial charge on any atom is -0.433 e. The van der Waals surface area contributed by atoms with Gasteiger partial charge in [0.15, 0.2) is 0 Å². The first-order chi connectivity index (χ1) is 14.0. The van der Waals surface area contributed by atoms with Crippen molar-refractivity contribution in [3.63, 3.8) is 0 Å². The van der Waals surface area contributed by atoms with Gasteiger partial charge in [-0.25, -0.2) is 0 Å². The van der Waals surface area contributed by atoms with E-state index in [0.717, 1.165) is 5.56 Å². The fourth-order valence-electron chi connectivity index (χ4n) is 3.74. The lowest BCUT2D eigenvalue weighted by atomic mass is 9.79. The summed E-state index contributed by atoms with van der Waals surface area (Å²) >= 11 is 6.08. The van der Waals surface area contributed by atoms with Crippen LogP contribution in [-0.4, -0.2) is 40.2 Å². The molecule has 2 aromatic rings. The van der Waals surface area contributed by atoms with Gasteiger partial charge in [0, 0.05) is 39.0 Å². The molecule has 0 fully saturated rings. The minimum atomic E-state index is -1.79. The van der Waals surface area contributed by atoms with Gasteiger partial charge in [0.05, 0.1) is 17.6 Å². The van der Waals surface area contributed by atoms with Crippen molar-refractivity contribution in [1.29, 1.82) is 5.26 Å². The molecule has 0 radical (unpaired) electrons. The molecule has 29 heavy (non-hydrogen) atoms. The predicted octanol–water partition coefficient (Wildman–Crippen LogP) is 4.32. The molecule has 1 atom stereocenters. The molecule has 2 aromatic carbocycles. The van der Waals surface area contributed by atoms with E-state index in [1.165, 1.54) is 28.4 Å². The van der Waals surface area contributed by atoms with E-state index in [2.05, 4.69) is 6.07 Å². The van der Waals surface area contributed by atoms with Gasteiger partial charge in [0.1, 0.15) is 5.76 Å². The van der Waals surface area contributed by atoms with Crippen LogP contribution in [0.25, 0.3) is 5.76 Å². The Hall–Kier alpha value is -2.40. The van der Waals surface area contributed by atoms with Gasteiger partial charge in [0.25, 0.3) is 5.79 Å². The van der Waals surface area contributed by atoms with Crippen molar-refractivity contribution in [2.75, 3.05) is 28.4 Å². The van der Waals surface area contributed by atoms with Gasteiger partial charge >= 0.3 is 5.97 Å². The molecule has 1 heterocycles. The van der Waals surface area contributed by atoms with Crippen LogP contribution in [0.2, 0.25) is 5.02 Å². The molecule has 152 valence electrons. The molecule has 0 N–H and O–H groups in total. The van der Waals surface area contributed by atoms with Gasteiger partial charge in [-0.15, -0.1) is 0 Å². The van der Waals surface area contributed by atoms with E-state index in [9.17, 15) is 5.26 Å². The Kier molecular flexibility index (Phi) is 6.27. The van der Waals surface area contributed by atoms with E-state index >= 15 is 0 Å². The van der Waals surface area contributed by atoms with E-state index in [4.69, 9.17) is 35.3 Å². The van der Waals surface area contributed by atoms with Crippen molar-refractivity contribution in [2.24, 2.45) is 0 Å². The Morgan fingerprint density at radius 1 is 0.897 bits per heavy atom. The number of methoxy groups -OCH3 is 4. The van der Waals surface area contributed by atoms with E-state index in [0.29, 0.717) is 21.9 Å². The summed E-state index contributed by atoms with van der Waals surface area (Å²) < 4.78 is 29.2. The number of hydrogen-bond acceptors (Lipinski definition) is 6. The van der Waals surface area contributed by atoms with Crippen LogP contribution in [0.3, 0.4) is 0 Å². The van der Waals surface area contributed by atoms with Crippen molar-refractivity contribution in [1.82, 2.24) is 0 Å². The summed E-state index contributed by atoms with van der Waals surface area (Å²) in [7, 11) is 5.75. The van der Waals surface area contributed by atoms with Crippen LogP contribution in [0.4, 0.5) is 0 Å². The maximum Gasteiger partial charge on any atom is 0.385 e. The van der Waals surface area contributed by atoms with Crippen LogP contribution in [0.15, 0.2) is 60.2 Å². The van der Waals surface area contributed by atoms with Crippen LogP contribution < -0.4 is 0 Å². The average Bonchev–Trinajstić information content (AvgIpc) is 2.78. The summed E-state index contributed by atoms with van der Waals surface area (Å²) in [5.41, 5.74) is 1.74. The standard InChI is InChI=1S/C22H22ClNO5/c1-25-21(26-2)19(15-10-12-17(23)13-11-15)18(14-24)20(16-8-6-5-7-9-16)29-22(21,27-3)28-4/h5-13,19H,1-4H3. The molecule has 0 aromatic heterocycles. The van der Waals surface area contributed by atoms with E-state index in [-0.39, 0.29) is 0 Å². The lowest BCUT2D eigenvalue weighted by molar-refractivity contribution is -0.473. The first-order valence-corrected chi connectivity index (χ1v) is 9.25. The van der Waals surface area contributed by atoms with Crippen molar-refractivity contribution in [2.45, 2.75) is 17.7 Å². The molecule has 7 heteroatoms. The number of hydrogen-bond donors (Lipinski definition) is 0. The Labute approximate surface area is 175 Å². The quantitative estimate of drug-likeness (QED) is 0.654. The Morgan fingerprint density at radius 3 is 1.97 bits per heavy atom. The normalized spacial score (nSPS) is 20.1. The van der Waals surface area contributed by atoms with Gasteiger partial charge in [0.2, 0.25) is 0 Å². The highest BCUT2D eigenvalue weighted by atomic mass is 35.5. The smallest absolute Gasteiger partial charge is 0.385 e. The van der Waals surface area contributed by atoms with Gasteiger partial charge in [-0.1, -0.05) is 54.1 Å². The first-order valence-electron chi connectivity index (χ1n) is 8.87. The molecule has 3 rings (SSSR count). The summed E-state index contributed by atoms with van der Waals surface area (Å²) in [6, 6.07) is 18.6. The number of ether oxygens (including phenoxy) is 5. The Bertz CT molecular complexity index is 912. The van der Waals surface area contributed by atoms with Crippen LogP contribution in [0.1, 0.15) is 17.0 Å². The SMILES string of the molecule is COC1(OC)OC(c2ccccc2)=C(C#N)C(c2ccc(Cl)cc2)C1(OC)OC. The third-order valence-electron chi connectivity index (χ3n) is 5.08. The molecule has 1 aliphatic heterocycles. The third kappa shape index (κ3) is 3.31. The van der Waals surface area contributed by atoms with Crippen LogP contribution in [0.5, 0.6) is 0 Å². The molecule has 0 aliphatic carbocycles. The van der Waals surface area contributed by atoms with Gasteiger partial charge < -0.3 is 23.7 Å². The largest absolute Gasteiger partial charge is 0.433 e. The predicted molar refractivity (Wildman–Crippen MR) is 108 cm³/mol. The number of nitrogens with zero attached hydrogens (tertiary/aromatic N) is 1. The van der Waals surface area contributed by atoms with Crippen molar-refractivity contribution in [3.05, 3.63) is 76.3 Å². The lowest BCUT2D eigenvalue weighted by Crippen LogP contribution is -2.65. The lowest BCUT2D eigenvalue weighted by Gasteiger charge is -2.51. The summed E-state index contributed by atoms with van der Waals surface area (Å²) in [5, 5.41) is 10.7. The third-order valence-corrected chi connectivity index (χ3v) is 5.33. The highest BCUT2D eigenvalue weighted by molar-refractivity contribution is 6.30. The second-order valence-electron chi connectivity index (χ2n) is 6.35. The monoisotopic (exact) mass is 415 g/mol. The molecule has 0 saturated carbocycles. The topological polar surface area (TPSA) is 69.9 Å². The highest BCUT2D eigenvalue weighted by Gasteiger charge is 2.67. The first kappa shape index (κ1) is 21.3. The summed E-state index contributed by atoms with van der Waals surface area (Å²) in [5.74, 6) is -3.81. The average molecular weight is 416 g/mol. The minimum absolute atomic E-state index is 0.312. The van der Waals surface area contributed by atoms with Crippen molar-refractivity contribution >= 4 is 17.4 Å². The maximum atomic E-state index is 10.1. The zero-order valence-corrected chi connectivity index (χ0v) is 17.4. The van der Waals surface area contributed by atoms with E-state index in [1.807, 2.05) is 30.3 Å². The van der Waals surface area contributed by atoms with Gasteiger partial charge in [-0.2, -0.15) is 5.26 Å². The molecule has 1 aliphatic rings. The van der Waals surface area contributed by atoms with E-state index in [1.54, 1.807) is 24.3 Å². The summed E-state index contributed by atoms with van der Waals surface area (Å²) in [6.07, 6.45) is 0. The molecule has 6 nitrogen and oxygen atoms in total. The zero-order valence-electron chi connectivity index (χ0n) is 16.6. The summed E-state index contributed by atoms with van der Waals surface area (Å²) in [6.45, 7) is 0.